The van der Waals surface area contributed by atoms with Crippen LogP contribution in [-0.2, 0) is 6.54 Å². The zero-order valence-corrected chi connectivity index (χ0v) is 19.9. The molecule has 2 N–H and O–H groups in total. The first-order chi connectivity index (χ1) is 17.1. The highest BCUT2D eigenvalue weighted by Gasteiger charge is 2.47. The maximum absolute atomic E-state index is 13.9. The van der Waals surface area contributed by atoms with Crippen LogP contribution in [0.3, 0.4) is 0 Å². The summed E-state index contributed by atoms with van der Waals surface area (Å²) in [4.78, 5) is 13.3. The topological polar surface area (TPSA) is 89.9 Å². The number of nitrogens with one attached hydrogen (secondary N) is 2. The number of carbonyl (C=O) groups excluding carboxylic acids is 1. The van der Waals surface area contributed by atoms with Crippen molar-refractivity contribution in [3.63, 3.8) is 0 Å². The summed E-state index contributed by atoms with van der Waals surface area (Å²) in [5.41, 5.74) is 4.06. The molecule has 8 nitrogen and oxygen atoms in total. The first-order valence-corrected chi connectivity index (χ1v) is 11.5. The van der Waals surface area contributed by atoms with Gasteiger partial charge in [0.2, 0.25) is 0 Å². The number of alkyl halides is 3. The van der Waals surface area contributed by atoms with Crippen molar-refractivity contribution >= 4 is 17.4 Å². The molecule has 188 valence electrons. The van der Waals surface area contributed by atoms with Gasteiger partial charge in [-0.25, -0.2) is 4.68 Å². The summed E-state index contributed by atoms with van der Waals surface area (Å²) in [6.45, 7) is 6.14. The van der Waals surface area contributed by atoms with Crippen LogP contribution in [0.15, 0.2) is 53.3 Å². The summed E-state index contributed by atoms with van der Waals surface area (Å²) < 4.78 is 49.6. The van der Waals surface area contributed by atoms with Gasteiger partial charge >= 0.3 is 6.18 Å². The summed E-state index contributed by atoms with van der Waals surface area (Å²) in [5.74, 6) is -0.234. The Morgan fingerprint density at radius 3 is 2.61 bits per heavy atom. The second-order valence-corrected chi connectivity index (χ2v) is 9.00. The Balaban J connectivity index is 1.42. The molecule has 4 aromatic rings. The second-order valence-electron chi connectivity index (χ2n) is 9.00. The van der Waals surface area contributed by atoms with Gasteiger partial charge in [0.1, 0.15) is 17.1 Å². The van der Waals surface area contributed by atoms with E-state index < -0.39 is 24.2 Å². The van der Waals surface area contributed by atoms with Gasteiger partial charge in [0.05, 0.1) is 42.1 Å². The molecule has 0 spiro atoms. The molecule has 1 aromatic carbocycles. The van der Waals surface area contributed by atoms with E-state index in [1.165, 1.54) is 6.26 Å². The standard InChI is InChI=1S/C25H25F3N6O2/c1-14-6-8-17(9-7-14)13-33-16(3)22(15(2)32-33)31-24(35)18-12-29-34-21(25(26,27)28)11-19(30-23(18)34)20-5-4-10-36-20/h4-10,12,19,21,30H,11,13H2,1-3H3,(H,31,35)/t19-,21+/m0/s1. The van der Waals surface area contributed by atoms with Gasteiger partial charge in [0.15, 0.2) is 6.04 Å². The van der Waals surface area contributed by atoms with E-state index in [-0.39, 0.29) is 17.8 Å². The third-order valence-electron chi connectivity index (χ3n) is 6.44. The molecule has 3 aromatic heterocycles. The smallest absolute Gasteiger partial charge is 0.410 e. The number of hydrogen-bond acceptors (Lipinski definition) is 5. The Labute approximate surface area is 205 Å². The zero-order chi connectivity index (χ0) is 25.6. The van der Waals surface area contributed by atoms with Gasteiger partial charge < -0.3 is 15.1 Å². The molecule has 36 heavy (non-hydrogen) atoms. The molecule has 4 heterocycles. The number of carbonyl (C=O) groups is 1. The fourth-order valence-corrected chi connectivity index (χ4v) is 4.48. The Bertz CT molecular complexity index is 1390. The quantitative estimate of drug-likeness (QED) is 0.376. The van der Waals surface area contributed by atoms with Crippen molar-refractivity contribution in [1.82, 2.24) is 19.6 Å². The lowest BCUT2D eigenvalue weighted by atomic mass is 10.0. The fourth-order valence-electron chi connectivity index (χ4n) is 4.48. The van der Waals surface area contributed by atoms with Gasteiger partial charge in [-0.05, 0) is 38.5 Å². The normalized spacial score (nSPS) is 17.5. The molecule has 1 aliphatic rings. The van der Waals surface area contributed by atoms with Crippen LogP contribution < -0.4 is 10.6 Å². The highest BCUT2D eigenvalue weighted by atomic mass is 19.4. The number of amides is 1. The average Bonchev–Trinajstić information content (AvgIpc) is 3.56. The monoisotopic (exact) mass is 498 g/mol. The number of benzene rings is 1. The van der Waals surface area contributed by atoms with E-state index in [0.29, 0.717) is 23.7 Å². The van der Waals surface area contributed by atoms with Crippen LogP contribution in [0.5, 0.6) is 0 Å². The molecule has 2 atom stereocenters. The van der Waals surface area contributed by atoms with E-state index in [1.54, 1.807) is 23.7 Å². The summed E-state index contributed by atoms with van der Waals surface area (Å²) in [5, 5.41) is 14.3. The molecule has 1 aliphatic heterocycles. The predicted molar refractivity (Wildman–Crippen MR) is 127 cm³/mol. The van der Waals surface area contributed by atoms with E-state index in [0.717, 1.165) is 27.7 Å². The number of furan rings is 1. The zero-order valence-electron chi connectivity index (χ0n) is 19.9. The van der Waals surface area contributed by atoms with E-state index in [2.05, 4.69) is 20.8 Å². The van der Waals surface area contributed by atoms with Gasteiger partial charge in [0, 0.05) is 6.42 Å². The van der Waals surface area contributed by atoms with E-state index >= 15 is 0 Å². The van der Waals surface area contributed by atoms with Crippen LogP contribution in [0.4, 0.5) is 24.7 Å². The minimum absolute atomic E-state index is 0.00518. The highest BCUT2D eigenvalue weighted by Crippen LogP contribution is 2.44. The van der Waals surface area contributed by atoms with Gasteiger partial charge in [-0.2, -0.15) is 23.4 Å². The van der Waals surface area contributed by atoms with Crippen LogP contribution >= 0.6 is 0 Å². The molecular formula is C25H25F3N6O2. The minimum atomic E-state index is -4.55. The first-order valence-electron chi connectivity index (χ1n) is 11.5. The molecule has 5 rings (SSSR count). The van der Waals surface area contributed by atoms with Crippen molar-refractivity contribution in [1.29, 1.82) is 0 Å². The van der Waals surface area contributed by atoms with Crippen LogP contribution in [0.1, 0.15) is 57.1 Å². The summed E-state index contributed by atoms with van der Waals surface area (Å²) in [6.07, 6.45) is -2.30. The van der Waals surface area contributed by atoms with Crippen LogP contribution in [-0.4, -0.2) is 31.6 Å². The fraction of sp³-hybridized carbons (Fsp3) is 0.320. The van der Waals surface area contributed by atoms with Crippen LogP contribution in [0.2, 0.25) is 0 Å². The lowest BCUT2D eigenvalue weighted by molar-refractivity contribution is -0.174. The summed E-state index contributed by atoms with van der Waals surface area (Å²) >= 11 is 0. The lowest BCUT2D eigenvalue weighted by Crippen LogP contribution is -2.36. The number of halogens is 3. The van der Waals surface area contributed by atoms with Gasteiger partial charge in [0.25, 0.3) is 5.91 Å². The molecule has 0 unspecified atom stereocenters. The highest BCUT2D eigenvalue weighted by molar-refractivity contribution is 6.08. The molecule has 0 fully saturated rings. The molecule has 0 saturated carbocycles. The Hall–Kier alpha value is -4.02. The number of aryl methyl sites for hydroxylation is 2. The first kappa shape index (κ1) is 23.7. The van der Waals surface area contributed by atoms with Crippen molar-refractivity contribution in [2.75, 3.05) is 10.6 Å². The molecule has 0 saturated heterocycles. The lowest BCUT2D eigenvalue weighted by Gasteiger charge is -2.32. The van der Waals surface area contributed by atoms with E-state index in [9.17, 15) is 18.0 Å². The second kappa shape index (κ2) is 8.89. The third kappa shape index (κ3) is 4.36. The van der Waals surface area contributed by atoms with Crippen molar-refractivity contribution in [2.24, 2.45) is 0 Å². The van der Waals surface area contributed by atoms with Crippen molar-refractivity contribution in [3.05, 3.63) is 82.7 Å². The Kier molecular flexibility index (Phi) is 5.85. The van der Waals surface area contributed by atoms with Gasteiger partial charge in [-0.3, -0.25) is 9.48 Å². The van der Waals surface area contributed by atoms with Crippen molar-refractivity contribution in [3.8, 4) is 0 Å². The molecule has 0 bridgehead atoms. The van der Waals surface area contributed by atoms with Gasteiger partial charge in [-0.15, -0.1) is 0 Å². The average molecular weight is 499 g/mol. The maximum Gasteiger partial charge on any atom is 0.410 e. The van der Waals surface area contributed by atoms with Crippen LogP contribution in [0, 0.1) is 20.8 Å². The molecule has 0 radical (unpaired) electrons. The van der Waals surface area contributed by atoms with E-state index in [4.69, 9.17) is 4.42 Å². The molecule has 11 heteroatoms. The molecular weight excluding hydrogens is 473 g/mol. The van der Waals surface area contributed by atoms with E-state index in [1.807, 2.05) is 38.1 Å². The predicted octanol–water partition coefficient (Wildman–Crippen LogP) is 5.56. The summed E-state index contributed by atoms with van der Waals surface area (Å²) in [6, 6.07) is 8.62. The number of nitrogens with zero attached hydrogens (tertiary/aromatic N) is 4. The number of hydrogen-bond donors (Lipinski definition) is 2. The number of fused-ring (bicyclic) bond motifs is 1. The largest absolute Gasteiger partial charge is 0.467 e. The Morgan fingerprint density at radius 2 is 1.94 bits per heavy atom. The number of rotatable bonds is 5. The number of anilines is 2. The van der Waals surface area contributed by atoms with Crippen molar-refractivity contribution < 1.29 is 22.4 Å². The van der Waals surface area contributed by atoms with Gasteiger partial charge in [-0.1, -0.05) is 29.8 Å². The maximum atomic E-state index is 13.9. The third-order valence-corrected chi connectivity index (χ3v) is 6.44. The van der Waals surface area contributed by atoms with Crippen molar-refractivity contribution in [2.45, 2.75) is 52.0 Å². The van der Waals surface area contributed by atoms with Crippen LogP contribution in [0.25, 0.3) is 0 Å². The molecule has 1 amide bonds. The molecule has 0 aliphatic carbocycles. The Morgan fingerprint density at radius 1 is 1.19 bits per heavy atom. The SMILES string of the molecule is Cc1ccc(Cn2nc(C)c(NC(=O)c3cnn4c3N[C@H](c3ccco3)C[C@@H]4C(F)(F)F)c2C)cc1. The number of aromatic nitrogens is 4. The summed E-state index contributed by atoms with van der Waals surface area (Å²) in [7, 11) is 0. The minimum Gasteiger partial charge on any atom is -0.467 e.